The molecule has 0 aliphatic heterocycles. The van der Waals surface area contributed by atoms with Gasteiger partial charge < -0.3 is 9.32 Å². The third-order valence-corrected chi connectivity index (χ3v) is 6.66. The molecule has 0 radical (unpaired) electrons. The topological polar surface area (TPSA) is 50.5 Å². The van der Waals surface area contributed by atoms with Crippen molar-refractivity contribution in [2.45, 2.75) is 40.0 Å². The quantitative estimate of drug-likeness (QED) is 0.117. The molecule has 4 nitrogen and oxygen atoms in total. The molecule has 0 spiro atoms. The number of anilines is 1. The van der Waals surface area contributed by atoms with Gasteiger partial charge in [0.2, 0.25) is 0 Å². The normalized spacial score (nSPS) is 11.6. The summed E-state index contributed by atoms with van der Waals surface area (Å²) in [7, 11) is 0. The van der Waals surface area contributed by atoms with Gasteiger partial charge in [-0.05, 0) is 59.7 Å². The summed E-state index contributed by atoms with van der Waals surface area (Å²) >= 11 is 0. The molecule has 0 amide bonds. The molecule has 0 aliphatic rings. The molecule has 0 aliphatic carbocycles. The lowest BCUT2D eigenvalue weighted by Gasteiger charge is -2.24. The first-order valence-corrected chi connectivity index (χ1v) is 13.4. The van der Waals surface area contributed by atoms with E-state index in [9.17, 15) is 9.59 Å². The smallest absolute Gasteiger partial charge is 0.343 e. The molecular weight excluding hydrogens is 470 g/mol. The maximum absolute atomic E-state index is 13.0. The average molecular weight is 506 g/mol. The number of nitrogens with zero attached hydrogens (tertiary/aromatic N) is 1. The molecule has 4 heteroatoms. The molecule has 1 heterocycles. The fourth-order valence-corrected chi connectivity index (χ4v) is 4.70. The molecule has 0 saturated heterocycles. The number of hydrogen-bond acceptors (Lipinski definition) is 4. The zero-order valence-electron chi connectivity index (χ0n) is 22.4. The van der Waals surface area contributed by atoms with Crippen molar-refractivity contribution in [2.75, 3.05) is 18.0 Å². The molecule has 1 aromatic heterocycles. The van der Waals surface area contributed by atoms with Crippen LogP contribution in [0, 0.1) is 0 Å². The maximum Gasteiger partial charge on any atom is 0.343 e. The van der Waals surface area contributed by atoms with Crippen molar-refractivity contribution in [2.24, 2.45) is 0 Å². The highest BCUT2D eigenvalue weighted by Crippen LogP contribution is 2.27. The van der Waals surface area contributed by atoms with E-state index >= 15 is 0 Å². The van der Waals surface area contributed by atoms with Gasteiger partial charge in [0.25, 0.3) is 0 Å². The number of fused-ring (bicyclic) bond motifs is 1. The first kappa shape index (κ1) is 26.9. The first-order chi connectivity index (χ1) is 18.6. The number of aldehydes is 1. The van der Waals surface area contributed by atoms with E-state index in [-0.39, 0.29) is 5.63 Å². The summed E-state index contributed by atoms with van der Waals surface area (Å²) in [6.45, 7) is 8.40. The van der Waals surface area contributed by atoms with E-state index < -0.39 is 0 Å². The summed E-state index contributed by atoms with van der Waals surface area (Å²) in [5.74, 6) is 0. The van der Waals surface area contributed by atoms with E-state index in [1.807, 2.05) is 66.8 Å². The van der Waals surface area contributed by atoms with Crippen LogP contribution in [0.15, 0.2) is 75.9 Å². The standard InChI is InChI=1S/C34H35NO3/c1-4-21-35(22-5-2)29-18-20-31-30(6-3)32(34(37)38-33(31)23-29)19-17-27-11-9-25(10-12-27)7-8-26-13-15-28(24-36)16-14-26/h7-20,23-24H,4-6,21-22H2,1-3H3/b8-7+,19-17+. The first-order valence-electron chi connectivity index (χ1n) is 13.4. The van der Waals surface area contributed by atoms with Crippen molar-refractivity contribution in [3.63, 3.8) is 0 Å². The predicted molar refractivity (Wildman–Crippen MR) is 161 cm³/mol. The summed E-state index contributed by atoms with van der Waals surface area (Å²) in [5, 5.41) is 0.991. The second kappa shape index (κ2) is 12.9. The molecule has 3 aromatic carbocycles. The fraction of sp³-hybridized carbons (Fsp3) is 0.235. The summed E-state index contributed by atoms with van der Waals surface area (Å²) in [5.41, 5.74) is 6.83. The highest BCUT2D eigenvalue weighted by molar-refractivity contribution is 5.87. The van der Waals surface area contributed by atoms with Crippen LogP contribution in [0.1, 0.15) is 71.8 Å². The molecule has 0 bridgehead atoms. The Morgan fingerprint density at radius 2 is 1.24 bits per heavy atom. The zero-order valence-corrected chi connectivity index (χ0v) is 22.4. The van der Waals surface area contributed by atoms with Crippen LogP contribution >= 0.6 is 0 Å². The summed E-state index contributed by atoms with van der Waals surface area (Å²) in [6.07, 6.45) is 11.6. The second-order valence-corrected chi connectivity index (χ2v) is 9.42. The Bertz CT molecular complexity index is 1490. The van der Waals surface area contributed by atoms with Gasteiger partial charge in [0, 0.05) is 35.8 Å². The number of carbonyl (C=O) groups is 1. The van der Waals surface area contributed by atoms with Gasteiger partial charge in [-0.1, -0.05) is 87.5 Å². The molecule has 0 unspecified atom stereocenters. The van der Waals surface area contributed by atoms with Crippen molar-refractivity contribution in [1.82, 2.24) is 0 Å². The van der Waals surface area contributed by atoms with E-state index in [4.69, 9.17) is 4.42 Å². The number of carbonyl (C=O) groups excluding carboxylic acids is 1. The number of aryl methyl sites for hydroxylation is 1. The summed E-state index contributed by atoms with van der Waals surface area (Å²) in [4.78, 5) is 26.2. The largest absolute Gasteiger partial charge is 0.422 e. The van der Waals surface area contributed by atoms with Crippen molar-refractivity contribution in [3.05, 3.63) is 111 Å². The van der Waals surface area contributed by atoms with E-state index in [2.05, 4.69) is 37.8 Å². The van der Waals surface area contributed by atoms with Crippen molar-refractivity contribution in [3.8, 4) is 0 Å². The Balaban J connectivity index is 1.56. The van der Waals surface area contributed by atoms with Crippen molar-refractivity contribution < 1.29 is 9.21 Å². The van der Waals surface area contributed by atoms with Crippen LogP contribution in [-0.4, -0.2) is 19.4 Å². The van der Waals surface area contributed by atoms with E-state index in [1.165, 1.54) is 0 Å². The molecule has 0 N–H and O–H groups in total. The number of rotatable bonds is 11. The number of hydrogen-bond donors (Lipinski definition) is 0. The highest BCUT2D eigenvalue weighted by atomic mass is 16.4. The van der Waals surface area contributed by atoms with E-state index in [0.717, 1.165) is 72.0 Å². The highest BCUT2D eigenvalue weighted by Gasteiger charge is 2.13. The van der Waals surface area contributed by atoms with Gasteiger partial charge in [-0.2, -0.15) is 0 Å². The average Bonchev–Trinajstić information content (AvgIpc) is 2.95. The SMILES string of the molecule is CCCN(CCC)c1ccc2c(CC)c(/C=C/c3ccc(/C=C/c4ccc(C=O)cc4)cc3)c(=O)oc2c1. The van der Waals surface area contributed by atoms with Gasteiger partial charge in [-0.25, -0.2) is 4.79 Å². The van der Waals surface area contributed by atoms with E-state index in [1.54, 1.807) is 12.1 Å². The Morgan fingerprint density at radius 3 is 1.74 bits per heavy atom. The minimum atomic E-state index is -0.305. The summed E-state index contributed by atoms with van der Waals surface area (Å²) < 4.78 is 5.82. The number of benzene rings is 3. The third kappa shape index (κ3) is 6.38. The lowest BCUT2D eigenvalue weighted by Crippen LogP contribution is -2.24. The molecule has 0 fully saturated rings. The fourth-order valence-electron chi connectivity index (χ4n) is 4.70. The molecule has 4 aromatic rings. The van der Waals surface area contributed by atoms with Gasteiger partial charge in [0.05, 0.1) is 5.56 Å². The second-order valence-electron chi connectivity index (χ2n) is 9.42. The summed E-state index contributed by atoms with van der Waals surface area (Å²) in [6, 6.07) is 21.8. The Labute approximate surface area is 224 Å². The third-order valence-electron chi connectivity index (χ3n) is 6.66. The van der Waals surface area contributed by atoms with Crippen LogP contribution in [0.25, 0.3) is 35.3 Å². The van der Waals surface area contributed by atoms with Crippen LogP contribution < -0.4 is 10.5 Å². The molecule has 4 rings (SSSR count). The van der Waals surface area contributed by atoms with Crippen LogP contribution in [-0.2, 0) is 6.42 Å². The van der Waals surface area contributed by atoms with Crippen LogP contribution in [0.2, 0.25) is 0 Å². The molecule has 0 atom stereocenters. The minimum Gasteiger partial charge on any atom is -0.422 e. The van der Waals surface area contributed by atoms with Crippen LogP contribution in [0.5, 0.6) is 0 Å². The Morgan fingerprint density at radius 1 is 0.711 bits per heavy atom. The molecular formula is C34H35NO3. The van der Waals surface area contributed by atoms with E-state index in [0.29, 0.717) is 16.7 Å². The Kier molecular flexibility index (Phi) is 9.10. The zero-order chi connectivity index (χ0) is 26.9. The molecule has 194 valence electrons. The Hall–Kier alpha value is -4.18. The van der Waals surface area contributed by atoms with Crippen LogP contribution in [0.4, 0.5) is 5.69 Å². The van der Waals surface area contributed by atoms with Gasteiger partial charge in [0.1, 0.15) is 11.9 Å². The van der Waals surface area contributed by atoms with Crippen molar-refractivity contribution in [1.29, 1.82) is 0 Å². The molecule has 0 saturated carbocycles. The monoisotopic (exact) mass is 505 g/mol. The van der Waals surface area contributed by atoms with Gasteiger partial charge in [-0.15, -0.1) is 0 Å². The maximum atomic E-state index is 13.0. The van der Waals surface area contributed by atoms with Crippen LogP contribution in [0.3, 0.4) is 0 Å². The van der Waals surface area contributed by atoms with Gasteiger partial charge in [-0.3, -0.25) is 4.79 Å². The lowest BCUT2D eigenvalue weighted by molar-refractivity contribution is 0.112. The molecule has 38 heavy (non-hydrogen) atoms. The minimum absolute atomic E-state index is 0.305. The predicted octanol–water partition coefficient (Wildman–Crippen LogP) is 8.14. The van der Waals surface area contributed by atoms with Gasteiger partial charge >= 0.3 is 5.63 Å². The lowest BCUT2D eigenvalue weighted by atomic mass is 10.0. The van der Waals surface area contributed by atoms with Crippen molar-refractivity contribution >= 4 is 47.2 Å². The van der Waals surface area contributed by atoms with Gasteiger partial charge in [0.15, 0.2) is 0 Å².